The molecule has 39 heavy (non-hydrogen) atoms. The van der Waals surface area contributed by atoms with Crippen molar-refractivity contribution >= 4 is 11.0 Å². The first-order valence-corrected chi connectivity index (χ1v) is 13.5. The lowest BCUT2D eigenvalue weighted by Crippen LogP contribution is -2.43. The summed E-state index contributed by atoms with van der Waals surface area (Å²) in [4.78, 5) is 13.0. The topological polar surface area (TPSA) is 53.6 Å². The predicted octanol–water partition coefficient (Wildman–Crippen LogP) is 6.23. The molecule has 1 N–H and O–H groups in total. The molecule has 3 heterocycles. The van der Waals surface area contributed by atoms with E-state index in [0.717, 1.165) is 77.5 Å². The Kier molecular flexibility index (Phi) is 7.30. The Hall–Kier alpha value is -4.13. The minimum atomic E-state index is 0.512. The van der Waals surface area contributed by atoms with Crippen LogP contribution in [0.5, 0.6) is 11.5 Å². The number of H-pyrrole nitrogens is 1. The summed E-state index contributed by atoms with van der Waals surface area (Å²) in [5.74, 6) is 1.68. The van der Waals surface area contributed by atoms with Crippen LogP contribution in [0.1, 0.15) is 11.1 Å². The van der Waals surface area contributed by atoms with E-state index in [9.17, 15) is 0 Å². The van der Waals surface area contributed by atoms with E-state index < -0.39 is 0 Å². The number of nitrogens with zero attached hydrogens (tertiary/aromatic N) is 3. The summed E-state index contributed by atoms with van der Waals surface area (Å²) in [6.07, 6.45) is 3.99. The molecule has 1 fully saturated rings. The van der Waals surface area contributed by atoms with Crippen molar-refractivity contribution in [3.63, 3.8) is 0 Å². The molecule has 6 heteroatoms. The first-order chi connectivity index (χ1) is 19.1. The second kappa shape index (κ2) is 11.3. The number of fused-ring (bicyclic) bond motifs is 1. The fraction of sp³-hybridized carbons (Fsp3) is 0.242. The molecule has 0 unspecified atom stereocenters. The minimum absolute atomic E-state index is 0.512. The number of ether oxygens (including phenoxy) is 2. The maximum absolute atomic E-state index is 6.00. The smallest absolute Gasteiger partial charge is 0.137 e. The molecule has 0 spiro atoms. The Balaban J connectivity index is 1.15. The second-order valence-corrected chi connectivity index (χ2v) is 10.3. The predicted molar refractivity (Wildman–Crippen MR) is 157 cm³/mol. The number of rotatable bonds is 8. The number of pyridine rings is 1. The van der Waals surface area contributed by atoms with E-state index in [1.165, 1.54) is 11.1 Å². The number of hydrogen-bond donors (Lipinski definition) is 1. The average molecular weight is 519 g/mol. The van der Waals surface area contributed by atoms with Gasteiger partial charge in [0, 0.05) is 61.6 Å². The van der Waals surface area contributed by atoms with Crippen molar-refractivity contribution in [1.82, 2.24) is 19.8 Å². The molecule has 5 aromatic rings. The molecule has 0 atom stereocenters. The van der Waals surface area contributed by atoms with Crippen LogP contribution in [0.4, 0.5) is 0 Å². The number of methoxy groups -OCH3 is 1. The number of piperazine rings is 1. The highest BCUT2D eigenvalue weighted by molar-refractivity contribution is 5.95. The quantitative estimate of drug-likeness (QED) is 0.264. The summed E-state index contributed by atoms with van der Waals surface area (Å²) in [5.41, 5.74) is 7.90. The van der Waals surface area contributed by atoms with Crippen molar-refractivity contribution in [2.24, 2.45) is 0 Å². The molecule has 1 saturated heterocycles. The molecule has 6 rings (SSSR count). The number of aromatic amines is 1. The normalized spacial score (nSPS) is 14.5. The van der Waals surface area contributed by atoms with Crippen LogP contribution >= 0.6 is 0 Å². The molecule has 0 aliphatic carbocycles. The maximum atomic E-state index is 6.00. The SMILES string of the molecule is COc1ccc(COc2ccc(-c3c[nH]c4ncc(-c5ccc(CN6CCN(C)CC6)cc5)cc34)cc2)cc1. The van der Waals surface area contributed by atoms with E-state index in [4.69, 9.17) is 14.5 Å². The van der Waals surface area contributed by atoms with Crippen LogP contribution in [0.15, 0.2) is 91.3 Å². The molecule has 0 amide bonds. The summed E-state index contributed by atoms with van der Waals surface area (Å²) >= 11 is 0. The van der Waals surface area contributed by atoms with E-state index in [-0.39, 0.29) is 0 Å². The van der Waals surface area contributed by atoms with Gasteiger partial charge in [-0.05, 0) is 59.6 Å². The number of aromatic nitrogens is 2. The molecule has 0 bridgehead atoms. The Morgan fingerprint density at radius 1 is 0.769 bits per heavy atom. The lowest BCUT2D eigenvalue weighted by atomic mass is 10.0. The molecule has 0 radical (unpaired) electrons. The van der Waals surface area contributed by atoms with Crippen LogP contribution in [0.3, 0.4) is 0 Å². The molecule has 198 valence electrons. The van der Waals surface area contributed by atoms with Gasteiger partial charge < -0.3 is 19.4 Å². The van der Waals surface area contributed by atoms with Crippen LogP contribution in [0, 0.1) is 0 Å². The second-order valence-electron chi connectivity index (χ2n) is 10.3. The Morgan fingerprint density at radius 2 is 1.44 bits per heavy atom. The molecule has 1 aliphatic heterocycles. The first-order valence-electron chi connectivity index (χ1n) is 13.5. The lowest BCUT2D eigenvalue weighted by Gasteiger charge is -2.32. The van der Waals surface area contributed by atoms with E-state index >= 15 is 0 Å². The number of hydrogen-bond acceptors (Lipinski definition) is 5. The molecule has 6 nitrogen and oxygen atoms in total. The molecule has 0 saturated carbocycles. The van der Waals surface area contributed by atoms with Gasteiger partial charge in [0.2, 0.25) is 0 Å². The Morgan fingerprint density at radius 3 is 2.15 bits per heavy atom. The average Bonchev–Trinajstić information content (AvgIpc) is 3.41. The summed E-state index contributed by atoms with van der Waals surface area (Å²) in [7, 11) is 3.87. The fourth-order valence-electron chi connectivity index (χ4n) is 5.09. The zero-order valence-corrected chi connectivity index (χ0v) is 22.6. The molecule has 3 aromatic carbocycles. The third-order valence-corrected chi connectivity index (χ3v) is 7.55. The van der Waals surface area contributed by atoms with E-state index in [0.29, 0.717) is 6.61 Å². The zero-order valence-electron chi connectivity index (χ0n) is 22.6. The van der Waals surface area contributed by atoms with E-state index in [1.807, 2.05) is 48.8 Å². The molecular weight excluding hydrogens is 484 g/mol. The molecule has 1 aliphatic rings. The highest BCUT2D eigenvalue weighted by Gasteiger charge is 2.14. The van der Waals surface area contributed by atoms with Gasteiger partial charge in [-0.15, -0.1) is 0 Å². The highest BCUT2D eigenvalue weighted by atomic mass is 16.5. The van der Waals surface area contributed by atoms with Crippen molar-refractivity contribution in [2.45, 2.75) is 13.2 Å². The zero-order chi connectivity index (χ0) is 26.6. The van der Waals surface area contributed by atoms with Crippen molar-refractivity contribution in [3.05, 3.63) is 102 Å². The third-order valence-electron chi connectivity index (χ3n) is 7.55. The van der Waals surface area contributed by atoms with Crippen LogP contribution in [-0.4, -0.2) is 60.1 Å². The molecule has 2 aromatic heterocycles. The molecular formula is C33H34N4O2. The number of nitrogens with one attached hydrogen (secondary N) is 1. The summed E-state index contributed by atoms with van der Waals surface area (Å²) in [5, 5.41) is 1.11. The van der Waals surface area contributed by atoms with Gasteiger partial charge in [0.1, 0.15) is 23.8 Å². The van der Waals surface area contributed by atoms with Gasteiger partial charge in [0.15, 0.2) is 0 Å². The van der Waals surface area contributed by atoms with Crippen LogP contribution in [-0.2, 0) is 13.2 Å². The van der Waals surface area contributed by atoms with Crippen LogP contribution in [0.2, 0.25) is 0 Å². The first kappa shape index (κ1) is 25.2. The Bertz CT molecular complexity index is 1520. The number of likely N-dealkylation sites (N-methyl/N-ethyl adjacent to an activating group) is 1. The van der Waals surface area contributed by atoms with Crippen molar-refractivity contribution in [3.8, 4) is 33.8 Å². The standard InChI is InChI=1S/C33H34N4O2/c1-36-15-17-37(18-16-36)22-24-3-7-26(8-4-24)28-19-31-32(21-35-33(31)34-20-28)27-9-13-30(14-10-27)39-23-25-5-11-29(38-2)12-6-25/h3-14,19-21H,15-18,22-23H2,1-2H3,(H,34,35). The summed E-state index contributed by atoms with van der Waals surface area (Å²) in [6.45, 7) is 6.06. The van der Waals surface area contributed by atoms with E-state index in [2.05, 4.69) is 64.3 Å². The van der Waals surface area contributed by atoms with Crippen molar-refractivity contribution in [1.29, 1.82) is 0 Å². The van der Waals surface area contributed by atoms with Gasteiger partial charge >= 0.3 is 0 Å². The van der Waals surface area contributed by atoms with Crippen molar-refractivity contribution in [2.75, 3.05) is 40.3 Å². The van der Waals surface area contributed by atoms with Gasteiger partial charge in [0.25, 0.3) is 0 Å². The Labute approximate surface area is 229 Å². The van der Waals surface area contributed by atoms with Gasteiger partial charge in [-0.25, -0.2) is 4.98 Å². The monoisotopic (exact) mass is 518 g/mol. The van der Waals surface area contributed by atoms with Gasteiger partial charge in [-0.1, -0.05) is 48.5 Å². The summed E-state index contributed by atoms with van der Waals surface area (Å²) < 4.78 is 11.2. The van der Waals surface area contributed by atoms with E-state index in [1.54, 1.807) is 7.11 Å². The van der Waals surface area contributed by atoms with Gasteiger partial charge in [0.05, 0.1) is 7.11 Å². The lowest BCUT2D eigenvalue weighted by molar-refractivity contribution is 0.148. The summed E-state index contributed by atoms with van der Waals surface area (Å²) in [6, 6.07) is 27.4. The van der Waals surface area contributed by atoms with Gasteiger partial charge in [-0.2, -0.15) is 0 Å². The van der Waals surface area contributed by atoms with Crippen LogP contribution < -0.4 is 9.47 Å². The number of benzene rings is 3. The van der Waals surface area contributed by atoms with Crippen molar-refractivity contribution < 1.29 is 9.47 Å². The van der Waals surface area contributed by atoms with Gasteiger partial charge in [-0.3, -0.25) is 4.90 Å². The largest absolute Gasteiger partial charge is 0.497 e. The maximum Gasteiger partial charge on any atom is 0.137 e. The fourth-order valence-corrected chi connectivity index (χ4v) is 5.09. The minimum Gasteiger partial charge on any atom is -0.497 e. The highest BCUT2D eigenvalue weighted by Crippen LogP contribution is 2.32. The third kappa shape index (κ3) is 5.82. The van der Waals surface area contributed by atoms with Crippen LogP contribution in [0.25, 0.3) is 33.3 Å².